The molecule has 0 spiro atoms. The molecule has 0 saturated carbocycles. The summed E-state index contributed by atoms with van der Waals surface area (Å²) in [5.74, 6) is -2.84. The van der Waals surface area contributed by atoms with Gasteiger partial charge in [-0.15, -0.1) is 0 Å². The predicted octanol–water partition coefficient (Wildman–Crippen LogP) is 4.15. The number of hydrogen-bond donors (Lipinski definition) is 1. The van der Waals surface area contributed by atoms with Gasteiger partial charge in [0, 0.05) is 25.6 Å². The fourth-order valence-electron chi connectivity index (χ4n) is 4.20. The van der Waals surface area contributed by atoms with Gasteiger partial charge in [0.2, 0.25) is 21.8 Å². The molecule has 0 aliphatic heterocycles. The van der Waals surface area contributed by atoms with Gasteiger partial charge in [0.25, 0.3) is 0 Å². The van der Waals surface area contributed by atoms with Crippen LogP contribution in [0.15, 0.2) is 72.8 Å². The van der Waals surface area contributed by atoms with Crippen LogP contribution in [0.3, 0.4) is 0 Å². The molecule has 1 atom stereocenters. The van der Waals surface area contributed by atoms with Crippen molar-refractivity contribution in [3.63, 3.8) is 0 Å². The van der Waals surface area contributed by atoms with E-state index in [1.165, 1.54) is 12.0 Å². The van der Waals surface area contributed by atoms with Crippen molar-refractivity contribution in [1.29, 1.82) is 0 Å². The van der Waals surface area contributed by atoms with Gasteiger partial charge in [-0.3, -0.25) is 13.9 Å². The minimum Gasteiger partial charge on any atom is -0.497 e. The molecule has 0 bridgehead atoms. The van der Waals surface area contributed by atoms with Gasteiger partial charge in [-0.05, 0) is 41.3 Å². The van der Waals surface area contributed by atoms with Crippen LogP contribution >= 0.6 is 0 Å². The van der Waals surface area contributed by atoms with Crippen LogP contribution in [0.5, 0.6) is 5.75 Å². The number of sulfonamides is 1. The van der Waals surface area contributed by atoms with Crippen molar-refractivity contribution in [3.05, 3.63) is 95.6 Å². The molecular weight excluding hydrogens is 552 g/mol. The van der Waals surface area contributed by atoms with E-state index in [2.05, 4.69) is 5.32 Å². The van der Waals surface area contributed by atoms with Crippen LogP contribution in [0.4, 0.5) is 14.5 Å². The van der Waals surface area contributed by atoms with Crippen LogP contribution in [-0.2, 0) is 32.6 Å². The second-order valence-corrected chi connectivity index (χ2v) is 12.0. The lowest BCUT2D eigenvalue weighted by Crippen LogP contribution is -2.53. The van der Waals surface area contributed by atoms with Crippen molar-refractivity contribution in [2.75, 3.05) is 30.8 Å². The highest BCUT2D eigenvalue weighted by molar-refractivity contribution is 7.92. The summed E-state index contributed by atoms with van der Waals surface area (Å²) in [5.41, 5.74) is 1.22. The van der Waals surface area contributed by atoms with Crippen LogP contribution in [0.25, 0.3) is 0 Å². The largest absolute Gasteiger partial charge is 0.497 e. The van der Waals surface area contributed by atoms with Gasteiger partial charge in [0.05, 0.1) is 19.1 Å². The third kappa shape index (κ3) is 9.01. The molecule has 3 aromatic rings. The summed E-state index contributed by atoms with van der Waals surface area (Å²) in [5, 5.41) is 2.89. The van der Waals surface area contributed by atoms with E-state index in [1.807, 2.05) is 44.2 Å². The molecule has 220 valence electrons. The third-order valence-corrected chi connectivity index (χ3v) is 7.45. The first-order valence-corrected chi connectivity index (χ1v) is 14.9. The smallest absolute Gasteiger partial charge is 0.244 e. The number of carbonyl (C=O) groups excluding carboxylic acids is 2. The molecular formula is C30H35F2N3O5S. The highest BCUT2D eigenvalue weighted by Gasteiger charge is 2.33. The molecule has 2 amide bonds. The molecule has 0 saturated heterocycles. The number of methoxy groups -OCH3 is 1. The third-order valence-electron chi connectivity index (χ3n) is 6.31. The highest BCUT2D eigenvalue weighted by atomic mass is 32.2. The summed E-state index contributed by atoms with van der Waals surface area (Å²) in [4.78, 5) is 28.9. The maximum Gasteiger partial charge on any atom is 0.244 e. The minimum absolute atomic E-state index is 0.0436. The van der Waals surface area contributed by atoms with Crippen molar-refractivity contribution in [1.82, 2.24) is 10.2 Å². The Kier molecular flexibility index (Phi) is 10.8. The molecule has 0 aliphatic carbocycles. The van der Waals surface area contributed by atoms with Gasteiger partial charge in [-0.2, -0.15) is 0 Å². The normalized spacial score (nSPS) is 12.1. The molecule has 11 heteroatoms. The van der Waals surface area contributed by atoms with E-state index >= 15 is 0 Å². The van der Waals surface area contributed by atoms with E-state index in [-0.39, 0.29) is 24.6 Å². The number of amides is 2. The zero-order valence-electron chi connectivity index (χ0n) is 23.5. The Morgan fingerprint density at radius 3 is 2.22 bits per heavy atom. The monoisotopic (exact) mass is 587 g/mol. The number of rotatable bonds is 13. The van der Waals surface area contributed by atoms with Gasteiger partial charge in [0.15, 0.2) is 11.6 Å². The Morgan fingerprint density at radius 2 is 1.61 bits per heavy atom. The number of carbonyl (C=O) groups is 2. The van der Waals surface area contributed by atoms with Crippen molar-refractivity contribution < 1.29 is 31.5 Å². The molecule has 8 nitrogen and oxygen atoms in total. The van der Waals surface area contributed by atoms with Crippen LogP contribution in [0, 0.1) is 17.6 Å². The first-order valence-electron chi connectivity index (χ1n) is 13.1. The predicted molar refractivity (Wildman–Crippen MR) is 154 cm³/mol. The first kappa shape index (κ1) is 31.5. The van der Waals surface area contributed by atoms with Crippen molar-refractivity contribution in [2.45, 2.75) is 32.9 Å². The fourth-order valence-corrected chi connectivity index (χ4v) is 5.04. The molecule has 0 aromatic heterocycles. The van der Waals surface area contributed by atoms with E-state index < -0.39 is 46.1 Å². The Bertz CT molecular complexity index is 1450. The van der Waals surface area contributed by atoms with Gasteiger partial charge in [0.1, 0.15) is 18.3 Å². The van der Waals surface area contributed by atoms with Crippen molar-refractivity contribution in [3.8, 4) is 5.75 Å². The lowest BCUT2D eigenvalue weighted by atomic mass is 10.0. The molecule has 1 N–H and O–H groups in total. The number of nitrogens with zero attached hydrogens (tertiary/aromatic N) is 2. The highest BCUT2D eigenvalue weighted by Crippen LogP contribution is 2.23. The molecule has 0 heterocycles. The van der Waals surface area contributed by atoms with E-state index in [4.69, 9.17) is 4.74 Å². The molecule has 0 radical (unpaired) electrons. The molecule has 0 unspecified atom stereocenters. The molecule has 3 aromatic carbocycles. The van der Waals surface area contributed by atoms with Gasteiger partial charge in [-0.25, -0.2) is 17.2 Å². The fraction of sp³-hybridized carbons (Fsp3) is 0.333. The van der Waals surface area contributed by atoms with E-state index in [1.54, 1.807) is 24.3 Å². The van der Waals surface area contributed by atoms with Gasteiger partial charge in [-0.1, -0.05) is 56.3 Å². The quantitative estimate of drug-likeness (QED) is 0.324. The number of ether oxygens (including phenoxy) is 1. The lowest BCUT2D eigenvalue weighted by Gasteiger charge is -2.33. The molecule has 41 heavy (non-hydrogen) atoms. The van der Waals surface area contributed by atoms with Gasteiger partial charge < -0.3 is 15.0 Å². The number of anilines is 1. The van der Waals surface area contributed by atoms with Crippen molar-refractivity contribution >= 4 is 27.5 Å². The SMILES string of the molecule is COc1cccc(CN(C(=O)CN(c2ccc(F)c(F)c2)S(C)(=O)=O)[C@H](Cc2ccccc2)C(=O)NCC(C)C)c1. The summed E-state index contributed by atoms with van der Waals surface area (Å²) in [6.07, 6.45) is 1.02. The maximum absolute atomic E-state index is 14.1. The number of hydrogen-bond acceptors (Lipinski definition) is 5. The second-order valence-electron chi connectivity index (χ2n) is 10.1. The number of nitrogens with one attached hydrogen (secondary N) is 1. The van der Waals surface area contributed by atoms with Gasteiger partial charge >= 0.3 is 0 Å². The maximum atomic E-state index is 14.1. The molecule has 0 aliphatic rings. The summed E-state index contributed by atoms with van der Waals surface area (Å²) in [6, 6.07) is 17.7. The topological polar surface area (TPSA) is 96.0 Å². The minimum atomic E-state index is -4.11. The first-order chi connectivity index (χ1) is 19.4. The Morgan fingerprint density at radius 1 is 0.927 bits per heavy atom. The zero-order valence-corrected chi connectivity index (χ0v) is 24.3. The van der Waals surface area contributed by atoms with Crippen LogP contribution in [0.1, 0.15) is 25.0 Å². The molecule has 0 fully saturated rings. The Balaban J connectivity index is 2.07. The van der Waals surface area contributed by atoms with E-state index in [0.717, 1.165) is 24.0 Å². The van der Waals surface area contributed by atoms with E-state index in [0.29, 0.717) is 28.2 Å². The lowest BCUT2D eigenvalue weighted by molar-refractivity contribution is -0.140. The zero-order chi connectivity index (χ0) is 30.2. The Hall–Kier alpha value is -3.99. The second kappa shape index (κ2) is 14.1. The molecule has 3 rings (SSSR count). The number of halogens is 2. The average molecular weight is 588 g/mol. The average Bonchev–Trinajstić information content (AvgIpc) is 2.93. The summed E-state index contributed by atoms with van der Waals surface area (Å²) in [7, 11) is -2.60. The Labute approximate surface area is 240 Å². The summed E-state index contributed by atoms with van der Waals surface area (Å²) < 4.78 is 59.2. The number of benzene rings is 3. The standard InChI is InChI=1S/C30H35F2N3O5S/c1-21(2)18-33-30(37)28(16-22-9-6-5-7-10-22)34(19-23-11-8-12-25(15-23)40-3)29(36)20-35(41(4,38)39)24-13-14-26(31)27(32)17-24/h5-15,17,21,28H,16,18-20H2,1-4H3,(H,33,37)/t28-/m1/s1. The van der Waals surface area contributed by atoms with Crippen molar-refractivity contribution in [2.24, 2.45) is 5.92 Å². The van der Waals surface area contributed by atoms with Crippen LogP contribution < -0.4 is 14.4 Å². The summed E-state index contributed by atoms with van der Waals surface area (Å²) in [6.45, 7) is 3.47. The van der Waals surface area contributed by atoms with Crippen LogP contribution in [0.2, 0.25) is 0 Å². The summed E-state index contributed by atoms with van der Waals surface area (Å²) >= 11 is 0. The van der Waals surface area contributed by atoms with E-state index in [9.17, 15) is 26.8 Å². The van der Waals surface area contributed by atoms with Crippen LogP contribution in [-0.4, -0.2) is 57.6 Å².